The molecule has 168 valence electrons. The summed E-state index contributed by atoms with van der Waals surface area (Å²) in [5.41, 5.74) is 9.21. The molecule has 3 heterocycles. The number of nitrogens with one attached hydrogen (secondary N) is 1. The fraction of sp³-hybridized carbons (Fsp3) is 0.208. The molecule has 0 bridgehead atoms. The number of pyridine rings is 1. The van der Waals surface area contributed by atoms with Gasteiger partial charge in [-0.25, -0.2) is 4.98 Å². The zero-order valence-electron chi connectivity index (χ0n) is 18.2. The first kappa shape index (κ1) is 20.8. The van der Waals surface area contributed by atoms with Gasteiger partial charge in [-0.05, 0) is 36.4 Å². The summed E-state index contributed by atoms with van der Waals surface area (Å²) in [6.07, 6.45) is 1.68. The highest BCUT2D eigenvalue weighted by Crippen LogP contribution is 2.32. The van der Waals surface area contributed by atoms with Crippen LogP contribution in [0.2, 0.25) is 0 Å². The lowest BCUT2D eigenvalue weighted by molar-refractivity contribution is 0.122. The zero-order valence-corrected chi connectivity index (χ0v) is 18.2. The minimum Gasteiger partial charge on any atom is -0.494 e. The predicted molar refractivity (Wildman–Crippen MR) is 129 cm³/mol. The van der Waals surface area contributed by atoms with Crippen molar-refractivity contribution in [2.24, 2.45) is 0 Å². The molecule has 2 aromatic carbocycles. The van der Waals surface area contributed by atoms with Crippen molar-refractivity contribution in [2.75, 3.05) is 49.4 Å². The van der Waals surface area contributed by atoms with Crippen molar-refractivity contribution in [3.8, 4) is 11.4 Å². The maximum absolute atomic E-state index is 12.7. The van der Waals surface area contributed by atoms with Gasteiger partial charge in [-0.1, -0.05) is 6.07 Å². The lowest BCUT2D eigenvalue weighted by atomic mass is 10.2. The molecular weight excluding hydrogens is 420 g/mol. The van der Waals surface area contributed by atoms with Gasteiger partial charge in [0, 0.05) is 48.2 Å². The molecule has 3 N–H and O–H groups in total. The minimum atomic E-state index is -0.204. The van der Waals surface area contributed by atoms with Gasteiger partial charge in [-0.15, -0.1) is 0 Å². The summed E-state index contributed by atoms with van der Waals surface area (Å²) in [6.45, 7) is 3.10. The van der Waals surface area contributed by atoms with Crippen LogP contribution in [0.15, 0.2) is 65.6 Å². The Morgan fingerprint density at radius 1 is 1.06 bits per heavy atom. The molecule has 33 heavy (non-hydrogen) atoms. The first-order valence-corrected chi connectivity index (χ1v) is 10.6. The van der Waals surface area contributed by atoms with Gasteiger partial charge in [0.2, 0.25) is 5.95 Å². The smallest absolute Gasteiger partial charge is 0.256 e. The molecule has 0 aliphatic carbocycles. The van der Waals surface area contributed by atoms with E-state index >= 15 is 0 Å². The standard InChI is InChI=1S/C24H24N6O3/c1-32-21-14-18(29-9-11-33-12-10-29)6-7-20(21)27-24-26-15-16-5-8-22(31)30(23(16)28-24)19-4-2-3-17(25)13-19/h2-8,13-15H,9-12,25H2,1H3,(H,26,27,28). The van der Waals surface area contributed by atoms with E-state index in [2.05, 4.69) is 20.2 Å². The molecule has 1 saturated heterocycles. The molecule has 0 unspecified atom stereocenters. The SMILES string of the molecule is COc1cc(N2CCOCC2)ccc1Nc1ncc2ccc(=O)n(-c3cccc(N)c3)c2n1. The quantitative estimate of drug-likeness (QED) is 0.453. The minimum absolute atomic E-state index is 0.204. The van der Waals surface area contributed by atoms with Gasteiger partial charge >= 0.3 is 0 Å². The molecule has 0 spiro atoms. The highest BCUT2D eigenvalue weighted by molar-refractivity contribution is 5.78. The van der Waals surface area contributed by atoms with Crippen LogP contribution in [0.1, 0.15) is 0 Å². The predicted octanol–water partition coefficient (Wildman–Crippen LogP) is 2.95. The largest absolute Gasteiger partial charge is 0.494 e. The number of aromatic nitrogens is 3. The number of hydrogen-bond donors (Lipinski definition) is 2. The van der Waals surface area contributed by atoms with Crippen LogP contribution in [0.3, 0.4) is 0 Å². The molecule has 0 atom stereocenters. The number of nitrogens with zero attached hydrogens (tertiary/aromatic N) is 4. The maximum atomic E-state index is 12.7. The van der Waals surface area contributed by atoms with E-state index in [0.717, 1.165) is 29.9 Å². The van der Waals surface area contributed by atoms with Gasteiger partial charge in [0.05, 0.1) is 31.7 Å². The second kappa shape index (κ2) is 8.79. The van der Waals surface area contributed by atoms with E-state index in [9.17, 15) is 4.79 Å². The monoisotopic (exact) mass is 444 g/mol. The number of hydrogen-bond acceptors (Lipinski definition) is 8. The number of ether oxygens (including phenoxy) is 2. The molecule has 9 heteroatoms. The first-order valence-electron chi connectivity index (χ1n) is 10.6. The Balaban J connectivity index is 1.52. The summed E-state index contributed by atoms with van der Waals surface area (Å²) >= 11 is 0. The third-order valence-electron chi connectivity index (χ3n) is 5.57. The lowest BCUT2D eigenvalue weighted by Crippen LogP contribution is -2.36. The Morgan fingerprint density at radius 3 is 2.70 bits per heavy atom. The number of nitrogens with two attached hydrogens (primary N) is 1. The van der Waals surface area contributed by atoms with Crippen LogP contribution in [-0.4, -0.2) is 47.9 Å². The highest BCUT2D eigenvalue weighted by atomic mass is 16.5. The lowest BCUT2D eigenvalue weighted by Gasteiger charge is -2.29. The van der Waals surface area contributed by atoms with E-state index in [1.807, 2.05) is 24.3 Å². The van der Waals surface area contributed by atoms with Crippen LogP contribution in [0.5, 0.6) is 5.75 Å². The van der Waals surface area contributed by atoms with Crippen LogP contribution in [0, 0.1) is 0 Å². The van der Waals surface area contributed by atoms with Gasteiger partial charge < -0.3 is 25.4 Å². The molecule has 4 aromatic rings. The van der Waals surface area contributed by atoms with E-state index in [1.54, 1.807) is 37.6 Å². The van der Waals surface area contributed by atoms with Crippen LogP contribution in [-0.2, 0) is 4.74 Å². The number of benzene rings is 2. The summed E-state index contributed by atoms with van der Waals surface area (Å²) in [5.74, 6) is 1.02. The van der Waals surface area contributed by atoms with E-state index in [1.165, 1.54) is 10.6 Å². The van der Waals surface area contributed by atoms with Gasteiger partial charge in [0.1, 0.15) is 5.75 Å². The third-order valence-corrected chi connectivity index (χ3v) is 5.57. The van der Waals surface area contributed by atoms with Gasteiger partial charge in [-0.2, -0.15) is 4.98 Å². The summed E-state index contributed by atoms with van der Waals surface area (Å²) < 4.78 is 12.6. The van der Waals surface area contributed by atoms with Crippen molar-refractivity contribution in [1.29, 1.82) is 0 Å². The normalized spacial score (nSPS) is 13.8. The Labute approximate surface area is 190 Å². The second-order valence-corrected chi connectivity index (χ2v) is 7.68. The Kier molecular flexibility index (Phi) is 5.54. The third kappa shape index (κ3) is 4.18. The second-order valence-electron chi connectivity index (χ2n) is 7.68. The molecular formula is C24H24N6O3. The summed E-state index contributed by atoms with van der Waals surface area (Å²) in [6, 6.07) is 16.3. The molecule has 0 saturated carbocycles. The Bertz CT molecular complexity index is 1360. The molecule has 1 aliphatic rings. The number of rotatable bonds is 5. The summed E-state index contributed by atoms with van der Waals surface area (Å²) in [7, 11) is 1.63. The molecule has 9 nitrogen and oxygen atoms in total. The van der Waals surface area contributed by atoms with Gasteiger partial charge in [-0.3, -0.25) is 9.36 Å². The van der Waals surface area contributed by atoms with E-state index in [-0.39, 0.29) is 5.56 Å². The molecule has 5 rings (SSSR count). The number of fused-ring (bicyclic) bond motifs is 1. The van der Waals surface area contributed by atoms with Crippen LogP contribution in [0.25, 0.3) is 16.7 Å². The van der Waals surface area contributed by atoms with Crippen molar-refractivity contribution in [2.45, 2.75) is 0 Å². The average Bonchev–Trinajstić information content (AvgIpc) is 2.84. The number of anilines is 4. The van der Waals surface area contributed by atoms with Crippen molar-refractivity contribution in [3.05, 3.63) is 71.1 Å². The zero-order chi connectivity index (χ0) is 22.8. The fourth-order valence-corrected chi connectivity index (χ4v) is 3.91. The molecule has 1 aliphatic heterocycles. The van der Waals surface area contributed by atoms with Crippen LogP contribution >= 0.6 is 0 Å². The van der Waals surface area contributed by atoms with Crippen molar-refractivity contribution in [1.82, 2.24) is 14.5 Å². The first-order chi connectivity index (χ1) is 16.1. The highest BCUT2D eigenvalue weighted by Gasteiger charge is 2.15. The molecule has 0 radical (unpaired) electrons. The molecule has 0 amide bonds. The topological polar surface area (TPSA) is 108 Å². The average molecular weight is 444 g/mol. The number of morpholine rings is 1. The van der Waals surface area contributed by atoms with Crippen molar-refractivity contribution < 1.29 is 9.47 Å². The van der Waals surface area contributed by atoms with Gasteiger partial charge in [0.25, 0.3) is 5.56 Å². The molecule has 1 fully saturated rings. The van der Waals surface area contributed by atoms with E-state index in [4.69, 9.17) is 15.2 Å². The molecule has 2 aromatic heterocycles. The van der Waals surface area contributed by atoms with Crippen LogP contribution < -0.4 is 26.2 Å². The summed E-state index contributed by atoms with van der Waals surface area (Å²) in [5, 5.41) is 3.96. The fourth-order valence-electron chi connectivity index (χ4n) is 3.91. The Morgan fingerprint density at radius 2 is 1.91 bits per heavy atom. The maximum Gasteiger partial charge on any atom is 0.256 e. The Hall–Kier alpha value is -4.11. The number of nitrogen functional groups attached to an aromatic ring is 1. The van der Waals surface area contributed by atoms with E-state index in [0.29, 0.717) is 41.9 Å². The van der Waals surface area contributed by atoms with E-state index < -0.39 is 0 Å². The van der Waals surface area contributed by atoms with Gasteiger partial charge in [0.15, 0.2) is 5.65 Å². The van der Waals surface area contributed by atoms with Crippen molar-refractivity contribution >= 4 is 34.0 Å². The van der Waals surface area contributed by atoms with Crippen molar-refractivity contribution in [3.63, 3.8) is 0 Å². The summed E-state index contributed by atoms with van der Waals surface area (Å²) in [4.78, 5) is 24.0. The number of methoxy groups -OCH3 is 1. The van der Waals surface area contributed by atoms with Crippen LogP contribution in [0.4, 0.5) is 23.0 Å².